The van der Waals surface area contributed by atoms with Gasteiger partial charge in [-0.1, -0.05) is 25.0 Å². The number of nitrogens with one attached hydrogen (secondary N) is 1. The maximum absolute atomic E-state index is 13.0. The molecule has 1 saturated carbocycles. The van der Waals surface area contributed by atoms with Gasteiger partial charge in [0.05, 0.1) is 0 Å². The van der Waals surface area contributed by atoms with Crippen molar-refractivity contribution in [3.05, 3.63) is 35.6 Å². The van der Waals surface area contributed by atoms with E-state index in [4.69, 9.17) is 0 Å². The van der Waals surface area contributed by atoms with Crippen molar-refractivity contribution in [2.75, 3.05) is 13.1 Å². The highest BCUT2D eigenvalue weighted by atomic mass is 19.1. The summed E-state index contributed by atoms with van der Waals surface area (Å²) in [5.74, 6) is 2.12. The summed E-state index contributed by atoms with van der Waals surface area (Å²) < 4.78 is 13.0. The summed E-state index contributed by atoms with van der Waals surface area (Å²) in [6, 6.07) is 7.19. The van der Waals surface area contributed by atoms with Gasteiger partial charge < -0.3 is 5.32 Å². The van der Waals surface area contributed by atoms with Crippen molar-refractivity contribution in [2.45, 2.75) is 31.6 Å². The molecule has 1 saturated heterocycles. The van der Waals surface area contributed by atoms with Crippen LogP contribution in [0, 0.1) is 17.7 Å². The molecule has 2 fully saturated rings. The molecule has 2 aliphatic rings. The van der Waals surface area contributed by atoms with Crippen LogP contribution >= 0.6 is 0 Å². The maximum Gasteiger partial charge on any atom is 0.123 e. The van der Waals surface area contributed by atoms with Gasteiger partial charge in [-0.25, -0.2) is 4.39 Å². The molecule has 0 spiro atoms. The molecule has 3 unspecified atom stereocenters. The van der Waals surface area contributed by atoms with Crippen LogP contribution < -0.4 is 5.32 Å². The highest BCUT2D eigenvalue weighted by Gasteiger charge is 2.35. The number of hydrogen-bond acceptors (Lipinski definition) is 1. The molecule has 17 heavy (non-hydrogen) atoms. The molecule has 0 bridgehead atoms. The molecule has 2 heteroatoms. The van der Waals surface area contributed by atoms with E-state index in [1.807, 2.05) is 12.1 Å². The lowest BCUT2D eigenvalue weighted by atomic mass is 9.79. The zero-order valence-corrected chi connectivity index (χ0v) is 10.2. The van der Waals surface area contributed by atoms with Crippen LogP contribution in [-0.2, 0) is 0 Å². The largest absolute Gasteiger partial charge is 0.316 e. The minimum absolute atomic E-state index is 0.122. The minimum Gasteiger partial charge on any atom is -0.316 e. The standard InChI is InChI=1S/C15H20FN/c16-13-7-5-11(6-8-13)14-4-2-1-3-12-9-17-10-15(12)14/h5-8,12,14-15,17H,1-4,9-10H2. The van der Waals surface area contributed by atoms with Gasteiger partial charge in [0.1, 0.15) is 5.82 Å². The summed E-state index contributed by atoms with van der Waals surface area (Å²) >= 11 is 0. The zero-order valence-electron chi connectivity index (χ0n) is 10.2. The first-order valence-corrected chi connectivity index (χ1v) is 6.81. The van der Waals surface area contributed by atoms with Gasteiger partial charge in [0.15, 0.2) is 0 Å². The Morgan fingerprint density at radius 1 is 1.00 bits per heavy atom. The number of hydrogen-bond donors (Lipinski definition) is 1. The molecule has 3 rings (SSSR count). The van der Waals surface area contributed by atoms with Crippen molar-refractivity contribution in [3.8, 4) is 0 Å². The summed E-state index contributed by atoms with van der Waals surface area (Å²) in [5.41, 5.74) is 1.34. The summed E-state index contributed by atoms with van der Waals surface area (Å²) in [6.07, 6.45) is 5.33. The van der Waals surface area contributed by atoms with Gasteiger partial charge in [-0.05, 0) is 61.4 Å². The molecule has 1 aromatic carbocycles. The monoisotopic (exact) mass is 233 g/mol. The SMILES string of the molecule is Fc1ccc(C2CCCCC3CNCC32)cc1. The second kappa shape index (κ2) is 4.77. The third kappa shape index (κ3) is 2.23. The van der Waals surface area contributed by atoms with Crippen molar-refractivity contribution in [2.24, 2.45) is 11.8 Å². The second-order valence-corrected chi connectivity index (χ2v) is 5.52. The Balaban J connectivity index is 1.86. The molecular weight excluding hydrogens is 213 g/mol. The first kappa shape index (κ1) is 11.2. The predicted octanol–water partition coefficient (Wildman–Crippen LogP) is 3.32. The van der Waals surface area contributed by atoms with Crippen LogP contribution in [0.4, 0.5) is 4.39 Å². The summed E-state index contributed by atoms with van der Waals surface area (Å²) in [5, 5.41) is 3.53. The third-order valence-corrected chi connectivity index (χ3v) is 4.55. The van der Waals surface area contributed by atoms with Gasteiger partial charge in [-0.2, -0.15) is 0 Å². The van der Waals surface area contributed by atoms with Crippen molar-refractivity contribution in [3.63, 3.8) is 0 Å². The van der Waals surface area contributed by atoms with Gasteiger partial charge in [-0.15, -0.1) is 0 Å². The van der Waals surface area contributed by atoms with Crippen LogP contribution in [-0.4, -0.2) is 13.1 Å². The van der Waals surface area contributed by atoms with Crippen LogP contribution in [0.5, 0.6) is 0 Å². The molecule has 1 heterocycles. The lowest BCUT2D eigenvalue weighted by Crippen LogP contribution is -2.19. The molecule has 1 aliphatic heterocycles. The molecule has 92 valence electrons. The normalized spacial score (nSPS) is 33.1. The van der Waals surface area contributed by atoms with Crippen molar-refractivity contribution < 1.29 is 4.39 Å². The number of benzene rings is 1. The molecule has 1 nitrogen and oxygen atoms in total. The summed E-state index contributed by atoms with van der Waals surface area (Å²) in [7, 11) is 0. The van der Waals surface area contributed by atoms with E-state index in [1.165, 1.54) is 37.8 Å². The molecule has 1 aromatic rings. The van der Waals surface area contributed by atoms with Gasteiger partial charge >= 0.3 is 0 Å². The van der Waals surface area contributed by atoms with Crippen molar-refractivity contribution in [1.82, 2.24) is 5.32 Å². The van der Waals surface area contributed by atoms with Crippen molar-refractivity contribution in [1.29, 1.82) is 0 Å². The van der Waals surface area contributed by atoms with E-state index in [2.05, 4.69) is 5.32 Å². The average molecular weight is 233 g/mol. The fraction of sp³-hybridized carbons (Fsp3) is 0.600. The van der Waals surface area contributed by atoms with Gasteiger partial charge in [0, 0.05) is 0 Å². The molecular formula is C15H20FN. The van der Waals surface area contributed by atoms with Crippen molar-refractivity contribution >= 4 is 0 Å². The van der Waals surface area contributed by atoms with Crippen LogP contribution in [0.25, 0.3) is 0 Å². The molecule has 0 radical (unpaired) electrons. The Morgan fingerprint density at radius 3 is 2.59 bits per heavy atom. The molecule has 0 aromatic heterocycles. The zero-order chi connectivity index (χ0) is 11.7. The Kier molecular flexibility index (Phi) is 3.15. The Bertz CT molecular complexity index is 373. The maximum atomic E-state index is 13.0. The summed E-state index contributed by atoms with van der Waals surface area (Å²) in [6.45, 7) is 2.33. The molecule has 0 amide bonds. The highest BCUT2D eigenvalue weighted by molar-refractivity contribution is 5.22. The van der Waals surface area contributed by atoms with Crippen LogP contribution in [0.1, 0.15) is 37.2 Å². The Morgan fingerprint density at radius 2 is 1.76 bits per heavy atom. The lowest BCUT2D eigenvalue weighted by molar-refractivity contribution is 0.354. The first-order chi connectivity index (χ1) is 8.34. The first-order valence-electron chi connectivity index (χ1n) is 6.81. The van der Waals surface area contributed by atoms with E-state index in [-0.39, 0.29) is 5.82 Å². The van der Waals surface area contributed by atoms with E-state index in [0.29, 0.717) is 5.92 Å². The van der Waals surface area contributed by atoms with Crippen LogP contribution in [0.3, 0.4) is 0 Å². The van der Waals surface area contributed by atoms with E-state index < -0.39 is 0 Å². The van der Waals surface area contributed by atoms with Crippen LogP contribution in [0.15, 0.2) is 24.3 Å². The van der Waals surface area contributed by atoms with Gasteiger partial charge in [0.2, 0.25) is 0 Å². The third-order valence-electron chi connectivity index (χ3n) is 4.55. The minimum atomic E-state index is -0.122. The Hall–Kier alpha value is -0.890. The van der Waals surface area contributed by atoms with E-state index in [9.17, 15) is 4.39 Å². The number of rotatable bonds is 1. The summed E-state index contributed by atoms with van der Waals surface area (Å²) in [4.78, 5) is 0. The highest BCUT2D eigenvalue weighted by Crippen LogP contribution is 2.41. The lowest BCUT2D eigenvalue weighted by Gasteiger charge is -2.25. The van der Waals surface area contributed by atoms with E-state index >= 15 is 0 Å². The smallest absolute Gasteiger partial charge is 0.123 e. The molecule has 1 aliphatic carbocycles. The molecule has 3 atom stereocenters. The van der Waals surface area contributed by atoms with Gasteiger partial charge in [0.25, 0.3) is 0 Å². The molecule has 1 N–H and O–H groups in total. The number of halogens is 1. The van der Waals surface area contributed by atoms with Gasteiger partial charge in [-0.3, -0.25) is 0 Å². The predicted molar refractivity (Wildman–Crippen MR) is 67.5 cm³/mol. The number of fused-ring (bicyclic) bond motifs is 1. The Labute approximate surface area is 102 Å². The fourth-order valence-electron chi connectivity index (χ4n) is 3.65. The fourth-order valence-corrected chi connectivity index (χ4v) is 3.65. The quantitative estimate of drug-likeness (QED) is 0.784. The average Bonchev–Trinajstić information content (AvgIpc) is 2.71. The topological polar surface area (TPSA) is 12.0 Å². The van der Waals surface area contributed by atoms with E-state index in [1.54, 1.807) is 12.1 Å². The van der Waals surface area contributed by atoms with Crippen LogP contribution in [0.2, 0.25) is 0 Å². The second-order valence-electron chi connectivity index (χ2n) is 5.52. The van der Waals surface area contributed by atoms with E-state index in [0.717, 1.165) is 18.4 Å².